The fourth-order valence-corrected chi connectivity index (χ4v) is 1.97. The quantitative estimate of drug-likeness (QED) is 0.457. The molecule has 17 heavy (non-hydrogen) atoms. The van der Waals surface area contributed by atoms with Gasteiger partial charge in [-0.05, 0) is 21.9 Å². The summed E-state index contributed by atoms with van der Waals surface area (Å²) >= 11 is 0. The van der Waals surface area contributed by atoms with Crippen LogP contribution in [0.1, 0.15) is 11.1 Å². The van der Waals surface area contributed by atoms with Crippen LogP contribution in [-0.2, 0) is 6.54 Å². The first-order valence-electron chi connectivity index (χ1n) is 5.69. The van der Waals surface area contributed by atoms with Crippen LogP contribution in [0.2, 0.25) is 0 Å². The van der Waals surface area contributed by atoms with E-state index in [4.69, 9.17) is 5.41 Å². The van der Waals surface area contributed by atoms with Gasteiger partial charge >= 0.3 is 0 Å². The topological polar surface area (TPSA) is 35.9 Å². The molecule has 0 unspecified atom stereocenters. The van der Waals surface area contributed by atoms with Crippen LogP contribution in [0.15, 0.2) is 49.1 Å². The molecule has 2 rings (SSSR count). The summed E-state index contributed by atoms with van der Waals surface area (Å²) in [4.78, 5) is 0. The Morgan fingerprint density at radius 3 is 2.59 bits per heavy atom. The molecule has 0 aliphatic carbocycles. The highest BCUT2D eigenvalue weighted by atomic mass is 14.8. The Bertz CT molecular complexity index is 544. The lowest BCUT2D eigenvalue weighted by Crippen LogP contribution is -2.12. The van der Waals surface area contributed by atoms with Crippen molar-refractivity contribution in [1.82, 2.24) is 5.32 Å². The normalized spacial score (nSPS) is 10.4. The van der Waals surface area contributed by atoms with Gasteiger partial charge in [0.25, 0.3) is 0 Å². The van der Waals surface area contributed by atoms with E-state index in [1.54, 1.807) is 0 Å². The van der Waals surface area contributed by atoms with Crippen LogP contribution in [0.5, 0.6) is 0 Å². The Morgan fingerprint density at radius 1 is 1.12 bits per heavy atom. The lowest BCUT2D eigenvalue weighted by molar-refractivity contribution is 0.765. The standard InChI is InChI=1S/C15H16N2/c1-2-9-17-11-13-8-7-12(10-16)14-5-3-4-6-15(13)14/h2-8,10,16-17H,1,9,11H2. The van der Waals surface area contributed by atoms with E-state index >= 15 is 0 Å². The van der Waals surface area contributed by atoms with Crippen molar-refractivity contribution in [3.05, 3.63) is 60.2 Å². The van der Waals surface area contributed by atoms with Gasteiger partial charge in [0, 0.05) is 19.3 Å². The monoisotopic (exact) mass is 224 g/mol. The van der Waals surface area contributed by atoms with Crippen molar-refractivity contribution in [2.24, 2.45) is 0 Å². The number of fused-ring (bicyclic) bond motifs is 1. The third-order valence-electron chi connectivity index (χ3n) is 2.81. The first kappa shape index (κ1) is 11.6. The summed E-state index contributed by atoms with van der Waals surface area (Å²) in [5.41, 5.74) is 2.22. The minimum atomic E-state index is 0.806. The molecule has 2 nitrogen and oxygen atoms in total. The molecule has 0 fully saturated rings. The molecule has 0 aliphatic heterocycles. The largest absolute Gasteiger partial charge is 0.309 e. The first-order chi connectivity index (χ1) is 8.36. The van der Waals surface area contributed by atoms with Crippen molar-refractivity contribution in [3.8, 4) is 0 Å². The Labute approximate surface area is 101 Å². The van der Waals surface area contributed by atoms with Gasteiger partial charge in [-0.2, -0.15) is 0 Å². The maximum absolute atomic E-state index is 7.41. The van der Waals surface area contributed by atoms with Gasteiger partial charge in [0.1, 0.15) is 0 Å². The number of nitrogens with one attached hydrogen (secondary N) is 2. The average molecular weight is 224 g/mol. The highest BCUT2D eigenvalue weighted by Crippen LogP contribution is 2.21. The van der Waals surface area contributed by atoms with Gasteiger partial charge in [-0.3, -0.25) is 0 Å². The molecule has 0 aliphatic rings. The predicted octanol–water partition coefficient (Wildman–Crippen LogP) is 3.11. The lowest BCUT2D eigenvalue weighted by Gasteiger charge is -2.09. The van der Waals surface area contributed by atoms with E-state index in [2.05, 4.69) is 30.1 Å². The van der Waals surface area contributed by atoms with E-state index in [0.29, 0.717) is 0 Å². The van der Waals surface area contributed by atoms with Gasteiger partial charge in [-0.1, -0.05) is 42.5 Å². The van der Waals surface area contributed by atoms with E-state index < -0.39 is 0 Å². The van der Waals surface area contributed by atoms with E-state index in [0.717, 1.165) is 24.0 Å². The molecule has 0 aromatic heterocycles. The Kier molecular flexibility index (Phi) is 3.68. The number of hydrogen-bond donors (Lipinski definition) is 2. The average Bonchev–Trinajstić information content (AvgIpc) is 2.39. The maximum Gasteiger partial charge on any atom is 0.0256 e. The SMILES string of the molecule is C=CCNCc1ccc(C=N)c2ccccc12. The maximum atomic E-state index is 7.41. The molecule has 2 N–H and O–H groups in total. The molecule has 0 heterocycles. The zero-order valence-corrected chi connectivity index (χ0v) is 9.74. The van der Waals surface area contributed by atoms with Crippen molar-refractivity contribution in [3.63, 3.8) is 0 Å². The van der Waals surface area contributed by atoms with Gasteiger partial charge in [0.05, 0.1) is 0 Å². The molecule has 0 atom stereocenters. The van der Waals surface area contributed by atoms with Crippen LogP contribution >= 0.6 is 0 Å². The number of benzene rings is 2. The lowest BCUT2D eigenvalue weighted by atomic mass is 10.00. The molecule has 0 saturated carbocycles. The highest BCUT2D eigenvalue weighted by molar-refractivity contribution is 6.00. The summed E-state index contributed by atoms with van der Waals surface area (Å²) in [6, 6.07) is 12.3. The van der Waals surface area contributed by atoms with Gasteiger partial charge in [0.2, 0.25) is 0 Å². The van der Waals surface area contributed by atoms with Crippen LogP contribution in [0, 0.1) is 5.41 Å². The Morgan fingerprint density at radius 2 is 1.88 bits per heavy atom. The minimum Gasteiger partial charge on any atom is -0.309 e. The van der Waals surface area contributed by atoms with E-state index in [1.807, 2.05) is 24.3 Å². The molecule has 0 radical (unpaired) electrons. The summed E-state index contributed by atoms with van der Waals surface area (Å²) in [7, 11) is 0. The van der Waals surface area contributed by atoms with Crippen molar-refractivity contribution >= 4 is 17.0 Å². The van der Waals surface area contributed by atoms with Gasteiger partial charge in [-0.15, -0.1) is 6.58 Å². The fraction of sp³-hybridized carbons (Fsp3) is 0.133. The van der Waals surface area contributed by atoms with E-state index in [-0.39, 0.29) is 0 Å². The molecule has 0 spiro atoms. The fourth-order valence-electron chi connectivity index (χ4n) is 1.97. The predicted molar refractivity (Wildman–Crippen MR) is 73.7 cm³/mol. The number of hydrogen-bond acceptors (Lipinski definition) is 2. The second-order valence-electron chi connectivity index (χ2n) is 3.92. The molecule has 0 amide bonds. The third-order valence-corrected chi connectivity index (χ3v) is 2.81. The molecule has 2 aromatic rings. The van der Waals surface area contributed by atoms with Crippen molar-refractivity contribution in [1.29, 1.82) is 5.41 Å². The van der Waals surface area contributed by atoms with Crippen LogP contribution < -0.4 is 5.32 Å². The minimum absolute atomic E-state index is 0.806. The summed E-state index contributed by atoms with van der Waals surface area (Å²) in [5.74, 6) is 0. The molecule has 0 bridgehead atoms. The van der Waals surface area contributed by atoms with E-state index in [9.17, 15) is 0 Å². The second-order valence-corrected chi connectivity index (χ2v) is 3.92. The van der Waals surface area contributed by atoms with Crippen molar-refractivity contribution in [2.75, 3.05) is 6.54 Å². The van der Waals surface area contributed by atoms with Crippen LogP contribution in [0.4, 0.5) is 0 Å². The molecule has 2 heteroatoms. The zero-order chi connectivity index (χ0) is 12.1. The summed E-state index contributed by atoms with van der Waals surface area (Å²) in [6.07, 6.45) is 3.26. The van der Waals surface area contributed by atoms with Crippen LogP contribution in [0.25, 0.3) is 10.8 Å². The summed E-state index contributed by atoms with van der Waals surface area (Å²) in [5, 5.41) is 13.1. The molecular weight excluding hydrogens is 208 g/mol. The Hall–Kier alpha value is -1.93. The highest BCUT2D eigenvalue weighted by Gasteiger charge is 2.03. The van der Waals surface area contributed by atoms with Gasteiger partial charge in [-0.25, -0.2) is 0 Å². The van der Waals surface area contributed by atoms with Gasteiger partial charge < -0.3 is 10.7 Å². The second kappa shape index (κ2) is 5.41. The number of rotatable bonds is 5. The zero-order valence-electron chi connectivity index (χ0n) is 9.74. The first-order valence-corrected chi connectivity index (χ1v) is 5.69. The van der Waals surface area contributed by atoms with Gasteiger partial charge in [0.15, 0.2) is 0 Å². The molecule has 86 valence electrons. The van der Waals surface area contributed by atoms with E-state index in [1.165, 1.54) is 17.2 Å². The third kappa shape index (κ3) is 2.43. The summed E-state index contributed by atoms with van der Waals surface area (Å²) < 4.78 is 0. The summed E-state index contributed by atoms with van der Waals surface area (Å²) in [6.45, 7) is 5.32. The molecule has 0 saturated heterocycles. The smallest absolute Gasteiger partial charge is 0.0256 e. The molecular formula is C15H16N2. The Balaban J connectivity index is 2.43. The van der Waals surface area contributed by atoms with Crippen LogP contribution in [-0.4, -0.2) is 12.8 Å². The molecule has 2 aromatic carbocycles. The van der Waals surface area contributed by atoms with Crippen LogP contribution in [0.3, 0.4) is 0 Å². The van der Waals surface area contributed by atoms with Crippen molar-refractivity contribution in [2.45, 2.75) is 6.54 Å². The van der Waals surface area contributed by atoms with Crippen molar-refractivity contribution < 1.29 is 0 Å².